The van der Waals surface area contributed by atoms with Crippen LogP contribution < -0.4 is 16.0 Å². The van der Waals surface area contributed by atoms with Gasteiger partial charge in [0.1, 0.15) is 11.6 Å². The van der Waals surface area contributed by atoms with Crippen LogP contribution >= 0.6 is 0 Å². The summed E-state index contributed by atoms with van der Waals surface area (Å²) < 4.78 is 7.17. The highest BCUT2D eigenvalue weighted by Gasteiger charge is 2.21. The van der Waals surface area contributed by atoms with E-state index in [0.29, 0.717) is 29.6 Å². The number of nitrogens with one attached hydrogen (secondary N) is 3. The van der Waals surface area contributed by atoms with E-state index in [2.05, 4.69) is 26.1 Å². The second kappa shape index (κ2) is 6.94. The van der Waals surface area contributed by atoms with E-state index in [9.17, 15) is 4.79 Å². The number of carbonyl (C=O) groups excluding carboxylic acids is 1. The Balaban J connectivity index is 1.49. The van der Waals surface area contributed by atoms with E-state index in [4.69, 9.17) is 4.42 Å². The summed E-state index contributed by atoms with van der Waals surface area (Å²) in [5.41, 5.74) is 1.29. The molecule has 3 N–H and O–H groups in total. The lowest BCUT2D eigenvalue weighted by Gasteiger charge is -2.21. The number of piperidine rings is 1. The Morgan fingerprint density at radius 1 is 1.28 bits per heavy atom. The fourth-order valence-electron chi connectivity index (χ4n) is 3.14. The van der Waals surface area contributed by atoms with Crippen LogP contribution in [0.15, 0.2) is 41.1 Å². The molecule has 4 heterocycles. The van der Waals surface area contributed by atoms with Gasteiger partial charge in [0.15, 0.2) is 5.65 Å². The van der Waals surface area contributed by atoms with Crippen LogP contribution in [0, 0.1) is 0 Å². The van der Waals surface area contributed by atoms with Gasteiger partial charge in [-0.3, -0.25) is 4.40 Å². The molecule has 0 saturated carbocycles. The van der Waals surface area contributed by atoms with Crippen molar-refractivity contribution in [1.82, 2.24) is 25.2 Å². The molecular formula is C17H20N6O2. The largest absolute Gasteiger partial charge is 0.467 e. The summed E-state index contributed by atoms with van der Waals surface area (Å²) in [5, 5.41) is 17.6. The Labute approximate surface area is 144 Å². The third-order valence-electron chi connectivity index (χ3n) is 4.42. The van der Waals surface area contributed by atoms with Gasteiger partial charge in [-0.05, 0) is 50.2 Å². The van der Waals surface area contributed by atoms with Crippen LogP contribution in [0.25, 0.3) is 5.65 Å². The van der Waals surface area contributed by atoms with Gasteiger partial charge < -0.3 is 20.4 Å². The van der Waals surface area contributed by atoms with Gasteiger partial charge in [-0.25, -0.2) is 4.79 Å². The van der Waals surface area contributed by atoms with E-state index < -0.39 is 0 Å². The number of aromatic nitrogens is 3. The first-order chi connectivity index (χ1) is 12.3. The number of anilines is 1. The second-order valence-electron chi connectivity index (χ2n) is 6.08. The minimum atomic E-state index is -0.309. The zero-order valence-electron chi connectivity index (χ0n) is 13.7. The number of hydrogen-bond acceptors (Lipinski definition) is 5. The second-order valence-corrected chi connectivity index (χ2v) is 6.08. The van der Waals surface area contributed by atoms with Gasteiger partial charge in [0.05, 0.1) is 18.5 Å². The minimum absolute atomic E-state index is 0.309. The van der Waals surface area contributed by atoms with Crippen LogP contribution in [0.1, 0.15) is 30.3 Å². The zero-order chi connectivity index (χ0) is 17.1. The lowest BCUT2D eigenvalue weighted by Crippen LogP contribution is -2.28. The molecule has 0 aliphatic carbocycles. The highest BCUT2D eigenvalue weighted by atomic mass is 16.3. The molecule has 0 radical (unpaired) electrons. The predicted octanol–water partition coefficient (Wildman–Crippen LogP) is 2.11. The van der Waals surface area contributed by atoms with Crippen molar-refractivity contribution in [2.45, 2.75) is 25.3 Å². The number of amides is 2. The first-order valence-electron chi connectivity index (χ1n) is 8.43. The molecule has 0 aromatic carbocycles. The number of rotatable bonds is 4. The van der Waals surface area contributed by atoms with Gasteiger partial charge in [0.25, 0.3) is 0 Å². The Morgan fingerprint density at radius 3 is 2.96 bits per heavy atom. The number of hydrogen-bond donors (Lipinski definition) is 3. The van der Waals surface area contributed by atoms with E-state index >= 15 is 0 Å². The van der Waals surface area contributed by atoms with Gasteiger partial charge in [0.2, 0.25) is 0 Å². The molecule has 1 aliphatic heterocycles. The number of furan rings is 1. The topological polar surface area (TPSA) is 96.5 Å². The average molecular weight is 340 g/mol. The van der Waals surface area contributed by atoms with Crippen LogP contribution in [-0.2, 0) is 6.54 Å². The van der Waals surface area contributed by atoms with E-state index in [0.717, 1.165) is 31.8 Å². The van der Waals surface area contributed by atoms with Gasteiger partial charge in [-0.15, -0.1) is 10.2 Å². The molecule has 1 saturated heterocycles. The summed E-state index contributed by atoms with van der Waals surface area (Å²) >= 11 is 0. The molecule has 8 heteroatoms. The minimum Gasteiger partial charge on any atom is -0.467 e. The highest BCUT2D eigenvalue weighted by molar-refractivity contribution is 5.92. The zero-order valence-corrected chi connectivity index (χ0v) is 13.7. The summed E-state index contributed by atoms with van der Waals surface area (Å²) in [6.07, 6.45) is 5.61. The number of urea groups is 1. The standard InChI is InChI=1S/C17H20N6O2/c24-17(19-11-13-3-2-10-25-13)20-14-4-1-9-23-15(21-22-16(14)23)12-5-7-18-8-6-12/h1-4,9-10,12,18H,5-8,11H2,(H2,19,20,24). The molecule has 130 valence electrons. The van der Waals surface area contributed by atoms with Crippen LogP contribution in [0.2, 0.25) is 0 Å². The van der Waals surface area contributed by atoms with Crippen LogP contribution in [0.4, 0.5) is 10.5 Å². The molecule has 25 heavy (non-hydrogen) atoms. The maximum absolute atomic E-state index is 12.1. The summed E-state index contributed by atoms with van der Waals surface area (Å²) in [7, 11) is 0. The third kappa shape index (κ3) is 3.34. The molecule has 4 rings (SSSR count). The molecule has 0 unspecified atom stereocenters. The molecule has 0 bridgehead atoms. The van der Waals surface area contributed by atoms with E-state index in [1.165, 1.54) is 0 Å². The number of nitrogens with zero attached hydrogens (tertiary/aromatic N) is 3. The molecular weight excluding hydrogens is 320 g/mol. The van der Waals surface area contributed by atoms with Crippen molar-refractivity contribution in [3.63, 3.8) is 0 Å². The van der Waals surface area contributed by atoms with E-state index in [1.807, 2.05) is 28.8 Å². The summed E-state index contributed by atoms with van der Waals surface area (Å²) in [5.74, 6) is 2.04. The molecule has 1 aliphatic rings. The summed E-state index contributed by atoms with van der Waals surface area (Å²) in [6, 6.07) is 7.00. The Bertz CT molecular complexity index is 851. The summed E-state index contributed by atoms with van der Waals surface area (Å²) in [6.45, 7) is 2.31. The normalized spacial score (nSPS) is 15.4. The first-order valence-corrected chi connectivity index (χ1v) is 8.43. The Kier molecular flexibility index (Phi) is 4.34. The van der Waals surface area contributed by atoms with Crippen LogP contribution in [0.3, 0.4) is 0 Å². The Morgan fingerprint density at radius 2 is 2.16 bits per heavy atom. The van der Waals surface area contributed by atoms with Gasteiger partial charge in [-0.2, -0.15) is 0 Å². The monoisotopic (exact) mass is 340 g/mol. The molecule has 0 spiro atoms. The van der Waals surface area contributed by atoms with Crippen molar-refractivity contribution >= 4 is 17.4 Å². The maximum Gasteiger partial charge on any atom is 0.319 e. The molecule has 8 nitrogen and oxygen atoms in total. The molecule has 2 amide bonds. The highest BCUT2D eigenvalue weighted by Crippen LogP contribution is 2.26. The number of fused-ring (bicyclic) bond motifs is 1. The molecule has 0 atom stereocenters. The van der Waals surface area contributed by atoms with Crippen molar-refractivity contribution in [1.29, 1.82) is 0 Å². The van der Waals surface area contributed by atoms with Crippen LogP contribution in [0.5, 0.6) is 0 Å². The number of pyridine rings is 1. The third-order valence-corrected chi connectivity index (χ3v) is 4.42. The lowest BCUT2D eigenvalue weighted by atomic mass is 9.97. The van der Waals surface area contributed by atoms with Gasteiger partial charge in [0, 0.05) is 12.1 Å². The first kappa shape index (κ1) is 15.6. The maximum atomic E-state index is 12.1. The molecule has 3 aromatic rings. The van der Waals surface area contributed by atoms with Crippen LogP contribution in [-0.4, -0.2) is 33.7 Å². The average Bonchev–Trinajstić information content (AvgIpc) is 3.31. The molecule has 1 fully saturated rings. The fourth-order valence-corrected chi connectivity index (χ4v) is 3.14. The van der Waals surface area contributed by atoms with Crippen molar-refractivity contribution in [2.24, 2.45) is 0 Å². The predicted molar refractivity (Wildman–Crippen MR) is 92.4 cm³/mol. The fraction of sp³-hybridized carbons (Fsp3) is 0.353. The van der Waals surface area contributed by atoms with Crippen molar-refractivity contribution in [2.75, 3.05) is 18.4 Å². The van der Waals surface area contributed by atoms with E-state index in [1.54, 1.807) is 12.3 Å². The molecule has 3 aromatic heterocycles. The Hall–Kier alpha value is -2.87. The van der Waals surface area contributed by atoms with Crippen molar-refractivity contribution < 1.29 is 9.21 Å². The van der Waals surface area contributed by atoms with E-state index in [-0.39, 0.29) is 6.03 Å². The SMILES string of the molecule is O=C(NCc1ccco1)Nc1cccn2c(C3CCNCC3)nnc12. The quantitative estimate of drug-likeness (QED) is 0.676. The smallest absolute Gasteiger partial charge is 0.319 e. The summed E-state index contributed by atoms with van der Waals surface area (Å²) in [4.78, 5) is 12.1. The van der Waals surface area contributed by atoms with Gasteiger partial charge in [-0.1, -0.05) is 0 Å². The van der Waals surface area contributed by atoms with Crippen molar-refractivity contribution in [3.8, 4) is 0 Å². The van der Waals surface area contributed by atoms with Gasteiger partial charge >= 0.3 is 6.03 Å². The number of carbonyl (C=O) groups is 1. The van der Waals surface area contributed by atoms with Crippen molar-refractivity contribution in [3.05, 3.63) is 48.3 Å². The lowest BCUT2D eigenvalue weighted by molar-refractivity contribution is 0.251.